The van der Waals surface area contributed by atoms with E-state index in [1.807, 2.05) is 0 Å². The Morgan fingerprint density at radius 2 is 2.00 bits per heavy atom. The van der Waals surface area contributed by atoms with Crippen LogP contribution in [0.3, 0.4) is 0 Å². The summed E-state index contributed by atoms with van der Waals surface area (Å²) in [6.45, 7) is 4.72. The SMILES string of the molecule is C=CCC(SC(F)(F)F)(C(=O)OCC)c1ccccc1F. The maximum Gasteiger partial charge on any atom is 0.443 e. The molecule has 7 heteroatoms. The van der Waals surface area contributed by atoms with Crippen molar-refractivity contribution in [3.05, 3.63) is 48.3 Å². The van der Waals surface area contributed by atoms with Gasteiger partial charge in [-0.2, -0.15) is 13.2 Å². The minimum Gasteiger partial charge on any atom is -0.465 e. The minimum atomic E-state index is -4.74. The van der Waals surface area contributed by atoms with Crippen LogP contribution in [-0.4, -0.2) is 18.1 Å². The molecule has 0 N–H and O–H groups in total. The Balaban J connectivity index is 3.47. The second-order valence-corrected chi connectivity index (χ2v) is 5.43. The average Bonchev–Trinajstić information content (AvgIpc) is 2.37. The summed E-state index contributed by atoms with van der Waals surface area (Å²) in [7, 11) is 0. The van der Waals surface area contributed by atoms with Gasteiger partial charge in [0.1, 0.15) is 5.82 Å². The first-order chi connectivity index (χ1) is 9.77. The summed E-state index contributed by atoms with van der Waals surface area (Å²) in [6.07, 6.45) is 0.735. The fourth-order valence-electron chi connectivity index (χ4n) is 1.88. The molecule has 0 aliphatic carbocycles. The number of hydrogen-bond acceptors (Lipinski definition) is 3. The molecule has 0 bridgehead atoms. The number of carbonyl (C=O) groups excluding carboxylic acids is 1. The molecule has 0 fully saturated rings. The third-order valence-electron chi connectivity index (χ3n) is 2.64. The molecule has 0 saturated heterocycles. The molecule has 0 spiro atoms. The van der Waals surface area contributed by atoms with Gasteiger partial charge in [-0.25, -0.2) is 4.39 Å². The zero-order valence-electron chi connectivity index (χ0n) is 11.2. The third-order valence-corrected chi connectivity index (χ3v) is 3.77. The zero-order valence-corrected chi connectivity index (χ0v) is 12.1. The summed E-state index contributed by atoms with van der Waals surface area (Å²) in [5, 5.41) is 0. The van der Waals surface area contributed by atoms with Crippen LogP contribution < -0.4 is 0 Å². The van der Waals surface area contributed by atoms with Gasteiger partial charge in [0.15, 0.2) is 4.75 Å². The van der Waals surface area contributed by atoms with Gasteiger partial charge in [0.2, 0.25) is 0 Å². The second-order valence-electron chi connectivity index (χ2n) is 4.07. The van der Waals surface area contributed by atoms with Crippen molar-refractivity contribution in [3.8, 4) is 0 Å². The van der Waals surface area contributed by atoms with Gasteiger partial charge in [-0.15, -0.1) is 6.58 Å². The van der Waals surface area contributed by atoms with Gasteiger partial charge in [0, 0.05) is 5.56 Å². The molecule has 0 saturated carbocycles. The van der Waals surface area contributed by atoms with Crippen LogP contribution in [0.25, 0.3) is 0 Å². The Kier molecular flexibility index (Phi) is 5.83. The van der Waals surface area contributed by atoms with E-state index in [1.54, 1.807) is 0 Å². The van der Waals surface area contributed by atoms with Gasteiger partial charge < -0.3 is 4.74 Å². The van der Waals surface area contributed by atoms with E-state index in [2.05, 4.69) is 6.58 Å². The Hall–Kier alpha value is -1.50. The molecule has 0 aromatic heterocycles. The number of allylic oxidation sites excluding steroid dienone is 1. The molecule has 1 atom stereocenters. The van der Waals surface area contributed by atoms with E-state index >= 15 is 0 Å². The number of alkyl halides is 3. The third kappa shape index (κ3) is 4.23. The number of halogens is 4. The summed E-state index contributed by atoms with van der Waals surface area (Å²) < 4.78 is 55.1. The molecule has 21 heavy (non-hydrogen) atoms. The Labute approximate surface area is 124 Å². The van der Waals surface area contributed by atoms with E-state index in [0.717, 1.165) is 18.2 Å². The van der Waals surface area contributed by atoms with Crippen molar-refractivity contribution in [2.75, 3.05) is 6.61 Å². The first-order valence-electron chi connectivity index (χ1n) is 6.07. The van der Waals surface area contributed by atoms with Crippen LogP contribution in [-0.2, 0) is 14.3 Å². The topological polar surface area (TPSA) is 26.3 Å². The van der Waals surface area contributed by atoms with Crippen LogP contribution in [0.4, 0.5) is 17.6 Å². The number of carbonyl (C=O) groups is 1. The van der Waals surface area contributed by atoms with Crippen LogP contribution in [0.2, 0.25) is 0 Å². The van der Waals surface area contributed by atoms with Gasteiger partial charge in [0.05, 0.1) is 6.61 Å². The van der Waals surface area contributed by atoms with Gasteiger partial charge >= 0.3 is 11.5 Å². The van der Waals surface area contributed by atoms with E-state index in [0.29, 0.717) is 0 Å². The highest BCUT2D eigenvalue weighted by atomic mass is 32.2. The normalized spacial score (nSPS) is 14.3. The van der Waals surface area contributed by atoms with Crippen molar-refractivity contribution < 1.29 is 27.1 Å². The molecule has 0 aliphatic heterocycles. The molecule has 1 aromatic carbocycles. The van der Waals surface area contributed by atoms with Crippen LogP contribution in [0, 0.1) is 5.82 Å². The molecule has 0 heterocycles. The molecular weight excluding hydrogens is 308 g/mol. The van der Waals surface area contributed by atoms with Crippen molar-refractivity contribution in [1.82, 2.24) is 0 Å². The lowest BCUT2D eigenvalue weighted by Gasteiger charge is -2.31. The molecule has 0 aliphatic rings. The quantitative estimate of drug-likeness (QED) is 0.441. The summed E-state index contributed by atoms with van der Waals surface area (Å²) >= 11 is -0.597. The molecule has 2 nitrogen and oxygen atoms in total. The minimum absolute atomic E-state index is 0.107. The lowest BCUT2D eigenvalue weighted by atomic mass is 9.94. The van der Waals surface area contributed by atoms with Crippen molar-refractivity contribution >= 4 is 17.7 Å². The predicted molar refractivity (Wildman–Crippen MR) is 73.2 cm³/mol. The maximum absolute atomic E-state index is 14.0. The molecule has 1 aromatic rings. The summed E-state index contributed by atoms with van der Waals surface area (Å²) in [6, 6.07) is 4.85. The van der Waals surface area contributed by atoms with E-state index < -0.39 is 40.2 Å². The van der Waals surface area contributed by atoms with Gasteiger partial charge in [0.25, 0.3) is 0 Å². The average molecular weight is 322 g/mol. The highest BCUT2D eigenvalue weighted by Gasteiger charge is 2.51. The first-order valence-corrected chi connectivity index (χ1v) is 6.88. The first kappa shape index (κ1) is 17.6. The lowest BCUT2D eigenvalue weighted by molar-refractivity contribution is -0.147. The molecule has 1 unspecified atom stereocenters. The van der Waals surface area contributed by atoms with Crippen LogP contribution in [0.5, 0.6) is 0 Å². The number of rotatable bonds is 6. The molecule has 0 radical (unpaired) electrons. The Morgan fingerprint density at radius 3 is 2.48 bits per heavy atom. The molecular formula is C14H14F4O2S. The smallest absolute Gasteiger partial charge is 0.443 e. The summed E-state index contributed by atoms with van der Waals surface area (Å²) in [5.74, 6) is -2.04. The Morgan fingerprint density at radius 1 is 1.38 bits per heavy atom. The fourth-order valence-corrected chi connectivity index (χ4v) is 2.89. The van der Waals surface area contributed by atoms with Gasteiger partial charge in [-0.05, 0) is 31.2 Å². The van der Waals surface area contributed by atoms with Crippen molar-refractivity contribution in [3.63, 3.8) is 0 Å². The predicted octanol–water partition coefficient (Wildman–Crippen LogP) is 4.41. The molecule has 0 amide bonds. The standard InChI is InChI=1S/C14H14F4O2S/c1-3-9-13(12(19)20-4-2,21-14(16,17)18)10-7-5-6-8-11(10)15/h3,5-8H,1,4,9H2,2H3. The van der Waals surface area contributed by atoms with Crippen molar-refractivity contribution in [2.45, 2.75) is 23.6 Å². The summed E-state index contributed by atoms with van der Waals surface area (Å²) in [4.78, 5) is 12.1. The zero-order chi connectivity index (χ0) is 16.1. The number of benzene rings is 1. The van der Waals surface area contributed by atoms with E-state index in [9.17, 15) is 22.4 Å². The number of hydrogen-bond donors (Lipinski definition) is 0. The molecule has 1 rings (SSSR count). The number of ether oxygens (including phenoxy) is 1. The van der Waals surface area contributed by atoms with Gasteiger partial charge in [-0.1, -0.05) is 24.3 Å². The van der Waals surface area contributed by atoms with Crippen molar-refractivity contribution in [2.24, 2.45) is 0 Å². The second kappa shape index (κ2) is 6.98. The van der Waals surface area contributed by atoms with Crippen LogP contribution in [0.1, 0.15) is 18.9 Å². The van der Waals surface area contributed by atoms with Crippen LogP contribution >= 0.6 is 11.8 Å². The Bertz CT molecular complexity index is 516. The monoisotopic (exact) mass is 322 g/mol. The number of thioether (sulfide) groups is 1. The van der Waals surface area contributed by atoms with E-state index in [4.69, 9.17) is 4.74 Å². The highest BCUT2D eigenvalue weighted by Crippen LogP contribution is 2.50. The summed E-state index contributed by atoms with van der Waals surface area (Å²) in [5.41, 5.74) is -5.11. The van der Waals surface area contributed by atoms with Crippen molar-refractivity contribution in [1.29, 1.82) is 0 Å². The maximum atomic E-state index is 14.0. The number of esters is 1. The van der Waals surface area contributed by atoms with Crippen LogP contribution in [0.15, 0.2) is 36.9 Å². The molecule has 116 valence electrons. The fraction of sp³-hybridized carbons (Fsp3) is 0.357. The van der Waals surface area contributed by atoms with E-state index in [-0.39, 0.29) is 12.2 Å². The highest BCUT2D eigenvalue weighted by molar-refractivity contribution is 8.01. The lowest BCUT2D eigenvalue weighted by Crippen LogP contribution is -2.37. The largest absolute Gasteiger partial charge is 0.465 e. The van der Waals surface area contributed by atoms with Gasteiger partial charge in [-0.3, -0.25) is 4.79 Å². The van der Waals surface area contributed by atoms with E-state index in [1.165, 1.54) is 19.1 Å².